The molecule has 104 valence electrons. The summed E-state index contributed by atoms with van der Waals surface area (Å²) in [5.74, 6) is -1.34. The molecule has 0 saturated heterocycles. The molecule has 1 aromatic carbocycles. The number of carbonyl (C=O) groups is 1. The Morgan fingerprint density at radius 2 is 1.89 bits per heavy atom. The zero-order valence-electron chi connectivity index (χ0n) is 10.2. The highest BCUT2D eigenvalue weighted by molar-refractivity contribution is 7.92. The summed E-state index contributed by atoms with van der Waals surface area (Å²) < 4.78 is 25.0. The Balaban J connectivity index is 3.12. The lowest BCUT2D eigenvalue weighted by Gasteiger charge is -2.23. The van der Waals surface area contributed by atoms with Crippen molar-refractivity contribution in [2.75, 3.05) is 23.2 Å². The quantitative estimate of drug-likeness (QED) is 0.719. The summed E-state index contributed by atoms with van der Waals surface area (Å²) in [4.78, 5) is 10.7. The Bertz CT molecular complexity index is 550. The van der Waals surface area contributed by atoms with Crippen molar-refractivity contribution in [3.63, 3.8) is 0 Å². The number of nitrogens with zero attached hydrogens (tertiary/aromatic N) is 1. The molecule has 0 aliphatic carbocycles. The van der Waals surface area contributed by atoms with Crippen LogP contribution < -0.4 is 4.31 Å². The molecule has 0 aliphatic heterocycles. The van der Waals surface area contributed by atoms with Gasteiger partial charge >= 0.3 is 5.97 Å². The van der Waals surface area contributed by atoms with Crippen molar-refractivity contribution in [1.29, 1.82) is 0 Å². The number of anilines is 1. The minimum absolute atomic E-state index is 0.0637. The summed E-state index contributed by atoms with van der Waals surface area (Å²) in [6.07, 6.45) is 1.26. The molecule has 19 heavy (non-hydrogen) atoms. The number of aromatic carboxylic acids is 1. The van der Waals surface area contributed by atoms with Crippen LogP contribution in [0.15, 0.2) is 36.9 Å². The highest BCUT2D eigenvalue weighted by atomic mass is 32.2. The molecule has 0 fully saturated rings. The molecule has 0 radical (unpaired) electrons. The third kappa shape index (κ3) is 3.80. The van der Waals surface area contributed by atoms with E-state index >= 15 is 0 Å². The highest BCUT2D eigenvalue weighted by Crippen LogP contribution is 2.19. The van der Waals surface area contributed by atoms with Crippen LogP contribution in [-0.4, -0.2) is 43.5 Å². The lowest BCUT2D eigenvalue weighted by atomic mass is 10.2. The molecule has 0 atom stereocenters. The Morgan fingerprint density at radius 1 is 1.32 bits per heavy atom. The van der Waals surface area contributed by atoms with Gasteiger partial charge in [-0.3, -0.25) is 4.31 Å². The van der Waals surface area contributed by atoms with Crippen LogP contribution in [0.25, 0.3) is 0 Å². The number of hydrogen-bond acceptors (Lipinski definition) is 4. The number of benzene rings is 1. The minimum Gasteiger partial charge on any atom is -0.478 e. The maximum atomic E-state index is 12.0. The number of carboxylic acid groups (broad SMARTS) is 1. The first-order valence-corrected chi connectivity index (χ1v) is 7.09. The summed E-state index contributed by atoms with van der Waals surface area (Å²) in [7, 11) is -3.61. The average molecular weight is 285 g/mol. The number of sulfonamides is 1. The van der Waals surface area contributed by atoms with E-state index in [1.807, 2.05) is 0 Å². The normalized spacial score (nSPS) is 11.0. The van der Waals surface area contributed by atoms with Gasteiger partial charge in [0.2, 0.25) is 10.0 Å². The largest absolute Gasteiger partial charge is 0.478 e. The molecule has 1 rings (SSSR count). The number of rotatable bonds is 7. The van der Waals surface area contributed by atoms with E-state index < -0.39 is 16.0 Å². The van der Waals surface area contributed by atoms with Crippen LogP contribution in [0.1, 0.15) is 10.4 Å². The third-order valence-electron chi connectivity index (χ3n) is 2.37. The second kappa shape index (κ2) is 6.35. The van der Waals surface area contributed by atoms with Gasteiger partial charge in [0.05, 0.1) is 30.2 Å². The predicted molar refractivity (Wildman–Crippen MR) is 71.8 cm³/mol. The van der Waals surface area contributed by atoms with E-state index in [1.54, 1.807) is 0 Å². The van der Waals surface area contributed by atoms with Crippen molar-refractivity contribution < 1.29 is 23.4 Å². The molecule has 0 spiro atoms. The second-order valence-corrected chi connectivity index (χ2v) is 5.65. The van der Waals surface area contributed by atoms with E-state index in [0.717, 1.165) is 4.31 Å². The van der Waals surface area contributed by atoms with Gasteiger partial charge in [-0.1, -0.05) is 6.08 Å². The summed E-state index contributed by atoms with van der Waals surface area (Å²) in [6, 6.07) is 5.40. The van der Waals surface area contributed by atoms with Crippen LogP contribution >= 0.6 is 0 Å². The molecular formula is C12H15NO5S. The van der Waals surface area contributed by atoms with Gasteiger partial charge in [-0.05, 0) is 24.3 Å². The van der Waals surface area contributed by atoms with Crippen LogP contribution in [0.3, 0.4) is 0 Å². The van der Waals surface area contributed by atoms with E-state index in [-0.39, 0.29) is 24.5 Å². The van der Waals surface area contributed by atoms with E-state index in [4.69, 9.17) is 10.2 Å². The Hall–Kier alpha value is -1.86. The zero-order valence-corrected chi connectivity index (χ0v) is 11.0. The standard InChI is InChI=1S/C12H15NO5S/c1-2-9-19(17,18)13(7-8-14)11-5-3-10(4-6-11)12(15)16/h2-6,14H,1,7-9H2,(H,15,16). The van der Waals surface area contributed by atoms with Crippen LogP contribution in [-0.2, 0) is 10.0 Å². The van der Waals surface area contributed by atoms with E-state index in [0.29, 0.717) is 5.69 Å². The predicted octanol–water partition coefficient (Wildman–Crippen LogP) is 0.699. The Kier molecular flexibility index (Phi) is 5.08. The third-order valence-corrected chi connectivity index (χ3v) is 4.09. The Labute approximate surface area is 111 Å². The van der Waals surface area contributed by atoms with Gasteiger partial charge in [0, 0.05) is 0 Å². The molecule has 1 aromatic rings. The molecule has 0 bridgehead atoms. The van der Waals surface area contributed by atoms with E-state index in [1.165, 1.54) is 30.3 Å². The van der Waals surface area contributed by atoms with Crippen LogP contribution in [0.5, 0.6) is 0 Å². The smallest absolute Gasteiger partial charge is 0.335 e. The molecule has 0 aliphatic rings. The lowest BCUT2D eigenvalue weighted by Crippen LogP contribution is -2.35. The van der Waals surface area contributed by atoms with Gasteiger partial charge in [-0.25, -0.2) is 13.2 Å². The van der Waals surface area contributed by atoms with Crippen molar-refractivity contribution in [2.45, 2.75) is 0 Å². The van der Waals surface area contributed by atoms with Crippen molar-refractivity contribution in [2.24, 2.45) is 0 Å². The second-order valence-electron chi connectivity index (χ2n) is 3.71. The minimum atomic E-state index is -3.61. The van der Waals surface area contributed by atoms with Crippen molar-refractivity contribution in [3.8, 4) is 0 Å². The summed E-state index contributed by atoms with van der Waals surface area (Å²) in [6.45, 7) is 2.94. The monoisotopic (exact) mass is 285 g/mol. The Morgan fingerprint density at radius 3 is 2.32 bits per heavy atom. The zero-order chi connectivity index (χ0) is 14.5. The average Bonchev–Trinajstić information content (AvgIpc) is 2.36. The fourth-order valence-corrected chi connectivity index (χ4v) is 2.81. The van der Waals surface area contributed by atoms with E-state index in [9.17, 15) is 13.2 Å². The van der Waals surface area contributed by atoms with Gasteiger partial charge < -0.3 is 10.2 Å². The number of aliphatic hydroxyl groups excluding tert-OH is 1. The topological polar surface area (TPSA) is 94.9 Å². The molecular weight excluding hydrogens is 270 g/mol. The van der Waals surface area contributed by atoms with Crippen LogP contribution in [0.2, 0.25) is 0 Å². The van der Waals surface area contributed by atoms with Crippen LogP contribution in [0.4, 0.5) is 5.69 Å². The summed E-state index contributed by atoms with van der Waals surface area (Å²) >= 11 is 0. The molecule has 6 nitrogen and oxygen atoms in total. The first-order valence-electron chi connectivity index (χ1n) is 5.48. The van der Waals surface area contributed by atoms with Gasteiger partial charge in [-0.2, -0.15) is 0 Å². The van der Waals surface area contributed by atoms with E-state index in [2.05, 4.69) is 6.58 Å². The number of carboxylic acids is 1. The number of aliphatic hydroxyl groups is 1. The van der Waals surface area contributed by atoms with Gasteiger partial charge in [0.15, 0.2) is 0 Å². The summed E-state index contributed by atoms with van der Waals surface area (Å²) in [5, 5.41) is 17.7. The van der Waals surface area contributed by atoms with Crippen LogP contribution in [0, 0.1) is 0 Å². The fraction of sp³-hybridized carbons (Fsp3) is 0.250. The van der Waals surface area contributed by atoms with Crippen molar-refractivity contribution in [1.82, 2.24) is 0 Å². The summed E-state index contributed by atoms with van der Waals surface area (Å²) in [5.41, 5.74) is 0.370. The molecule has 0 unspecified atom stereocenters. The number of hydrogen-bond donors (Lipinski definition) is 2. The van der Waals surface area contributed by atoms with Gasteiger partial charge in [0.25, 0.3) is 0 Å². The van der Waals surface area contributed by atoms with Gasteiger partial charge in [0.1, 0.15) is 0 Å². The molecule has 0 amide bonds. The van der Waals surface area contributed by atoms with Crippen molar-refractivity contribution >= 4 is 21.7 Å². The van der Waals surface area contributed by atoms with Crippen molar-refractivity contribution in [3.05, 3.63) is 42.5 Å². The molecule has 0 heterocycles. The first-order chi connectivity index (χ1) is 8.92. The fourth-order valence-electron chi connectivity index (χ4n) is 1.53. The molecule has 2 N–H and O–H groups in total. The molecule has 0 aromatic heterocycles. The molecule has 0 saturated carbocycles. The molecule has 7 heteroatoms. The first kappa shape index (κ1) is 15.2. The maximum Gasteiger partial charge on any atom is 0.335 e. The SMILES string of the molecule is C=CCS(=O)(=O)N(CCO)c1ccc(C(=O)O)cc1. The van der Waals surface area contributed by atoms with Gasteiger partial charge in [-0.15, -0.1) is 6.58 Å². The lowest BCUT2D eigenvalue weighted by molar-refractivity contribution is 0.0697. The maximum absolute atomic E-state index is 12.0. The highest BCUT2D eigenvalue weighted by Gasteiger charge is 2.20.